The fraction of sp³-hybridized carbons (Fsp3) is 0.154. The summed E-state index contributed by atoms with van der Waals surface area (Å²) >= 11 is 5.03. The van der Waals surface area contributed by atoms with E-state index in [0.29, 0.717) is 17.9 Å². The minimum Gasteiger partial charge on any atom is -0.488 e. The van der Waals surface area contributed by atoms with Crippen molar-refractivity contribution in [2.45, 2.75) is 13.5 Å². The topological polar surface area (TPSA) is 46.5 Å². The van der Waals surface area contributed by atoms with Gasteiger partial charge in [-0.15, -0.1) is 11.3 Å². The van der Waals surface area contributed by atoms with Crippen molar-refractivity contribution in [3.05, 3.63) is 50.1 Å². The summed E-state index contributed by atoms with van der Waals surface area (Å²) in [5.41, 5.74) is 0.926. The summed E-state index contributed by atoms with van der Waals surface area (Å²) in [5, 5.41) is 11.0. The molecule has 0 atom stereocenters. The van der Waals surface area contributed by atoms with Gasteiger partial charge in [-0.25, -0.2) is 4.79 Å². The molecule has 0 fully saturated rings. The third-order valence-electron chi connectivity index (χ3n) is 2.56. The highest BCUT2D eigenvalue weighted by molar-refractivity contribution is 9.10. The van der Waals surface area contributed by atoms with Crippen LogP contribution in [0, 0.1) is 6.92 Å². The van der Waals surface area contributed by atoms with Gasteiger partial charge in [-0.2, -0.15) is 0 Å². The minimum absolute atomic E-state index is 0.276. The van der Waals surface area contributed by atoms with Gasteiger partial charge < -0.3 is 9.84 Å². The summed E-state index contributed by atoms with van der Waals surface area (Å²) in [4.78, 5) is 12.1. The Kier molecular flexibility index (Phi) is 4.04. The molecule has 0 unspecified atom stereocenters. The van der Waals surface area contributed by atoms with E-state index in [0.717, 1.165) is 9.35 Å². The number of carboxylic acids is 1. The van der Waals surface area contributed by atoms with Gasteiger partial charge in [0.15, 0.2) is 0 Å². The largest absolute Gasteiger partial charge is 0.488 e. The van der Waals surface area contributed by atoms with Crippen LogP contribution in [0.4, 0.5) is 0 Å². The van der Waals surface area contributed by atoms with E-state index < -0.39 is 5.97 Å². The third kappa shape index (κ3) is 2.73. The maximum absolute atomic E-state index is 11.0. The number of carboxylic acid groups (broad SMARTS) is 1. The Balaban J connectivity index is 2.17. The maximum Gasteiger partial charge on any atom is 0.336 e. The number of aromatic carboxylic acids is 1. The maximum atomic E-state index is 11.0. The van der Waals surface area contributed by atoms with Crippen LogP contribution in [0.3, 0.4) is 0 Å². The molecule has 1 aromatic carbocycles. The Morgan fingerprint density at radius 2 is 2.22 bits per heavy atom. The minimum atomic E-state index is -0.935. The van der Waals surface area contributed by atoms with E-state index in [2.05, 4.69) is 15.9 Å². The van der Waals surface area contributed by atoms with Crippen LogP contribution in [0.25, 0.3) is 0 Å². The highest BCUT2D eigenvalue weighted by Gasteiger charge is 2.11. The van der Waals surface area contributed by atoms with Gasteiger partial charge >= 0.3 is 5.97 Å². The van der Waals surface area contributed by atoms with Crippen LogP contribution >= 0.6 is 27.3 Å². The lowest BCUT2D eigenvalue weighted by Crippen LogP contribution is -2.02. The predicted molar refractivity (Wildman–Crippen MR) is 74.5 cm³/mol. The highest BCUT2D eigenvalue weighted by atomic mass is 79.9. The number of thiophene rings is 1. The van der Waals surface area contributed by atoms with E-state index in [9.17, 15) is 4.79 Å². The molecule has 0 amide bonds. The smallest absolute Gasteiger partial charge is 0.336 e. The summed E-state index contributed by atoms with van der Waals surface area (Å²) in [5.74, 6) is -0.328. The Bertz CT molecular complexity index is 577. The first-order chi connectivity index (χ1) is 8.59. The van der Waals surface area contributed by atoms with Gasteiger partial charge in [-0.3, -0.25) is 0 Å². The Labute approximate surface area is 117 Å². The molecule has 0 aliphatic heterocycles. The zero-order chi connectivity index (χ0) is 13.1. The van der Waals surface area contributed by atoms with Crippen molar-refractivity contribution < 1.29 is 14.6 Å². The summed E-state index contributed by atoms with van der Waals surface area (Å²) in [6.07, 6.45) is 0. The van der Waals surface area contributed by atoms with Gasteiger partial charge in [0.1, 0.15) is 12.4 Å². The molecule has 0 aliphatic carbocycles. The first-order valence-electron chi connectivity index (χ1n) is 5.27. The molecule has 1 aromatic heterocycles. The molecule has 0 radical (unpaired) electrons. The van der Waals surface area contributed by atoms with Gasteiger partial charge in [0.05, 0.1) is 10.4 Å². The molecule has 0 saturated heterocycles. The van der Waals surface area contributed by atoms with E-state index in [4.69, 9.17) is 9.84 Å². The predicted octanol–water partition coefficient (Wildman–Crippen LogP) is 4.10. The van der Waals surface area contributed by atoms with E-state index in [1.165, 1.54) is 0 Å². The second-order valence-electron chi connectivity index (χ2n) is 3.71. The number of hydrogen-bond donors (Lipinski definition) is 1. The average Bonchev–Trinajstić information content (AvgIpc) is 2.73. The summed E-state index contributed by atoms with van der Waals surface area (Å²) < 4.78 is 6.68. The number of halogens is 1. The number of rotatable bonds is 4. The van der Waals surface area contributed by atoms with Crippen LogP contribution in [0.5, 0.6) is 5.75 Å². The van der Waals surface area contributed by atoms with Gasteiger partial charge in [-0.05, 0) is 46.4 Å². The Morgan fingerprint density at radius 3 is 2.83 bits per heavy atom. The fourth-order valence-corrected chi connectivity index (χ4v) is 2.95. The first kappa shape index (κ1) is 13.1. The molecule has 0 saturated carbocycles. The molecule has 0 spiro atoms. The van der Waals surface area contributed by atoms with E-state index in [-0.39, 0.29) is 5.56 Å². The van der Waals surface area contributed by atoms with Crippen LogP contribution in [0.2, 0.25) is 0 Å². The number of ether oxygens (including phenoxy) is 1. The lowest BCUT2D eigenvalue weighted by molar-refractivity contribution is 0.0695. The fourth-order valence-electron chi connectivity index (χ4n) is 1.57. The van der Waals surface area contributed by atoms with E-state index >= 15 is 0 Å². The monoisotopic (exact) mass is 326 g/mol. The molecule has 0 aliphatic rings. The first-order valence-corrected chi connectivity index (χ1v) is 6.94. The van der Waals surface area contributed by atoms with Crippen LogP contribution < -0.4 is 4.74 Å². The lowest BCUT2D eigenvalue weighted by atomic mass is 10.1. The van der Waals surface area contributed by atoms with Crippen molar-refractivity contribution >= 4 is 33.2 Å². The molecule has 3 nitrogen and oxygen atoms in total. The van der Waals surface area contributed by atoms with E-state index in [1.54, 1.807) is 36.5 Å². The molecule has 5 heteroatoms. The van der Waals surface area contributed by atoms with Crippen LogP contribution in [0.1, 0.15) is 20.8 Å². The van der Waals surface area contributed by atoms with Crippen LogP contribution in [-0.2, 0) is 6.61 Å². The van der Waals surface area contributed by atoms with Gasteiger partial charge in [0.2, 0.25) is 0 Å². The van der Waals surface area contributed by atoms with Gasteiger partial charge in [0, 0.05) is 10.0 Å². The number of carbonyl (C=O) groups is 1. The second kappa shape index (κ2) is 5.54. The zero-order valence-corrected chi connectivity index (χ0v) is 12.0. The molecule has 1 N–H and O–H groups in total. The second-order valence-corrected chi connectivity index (χ2v) is 5.57. The van der Waals surface area contributed by atoms with Gasteiger partial charge in [0.25, 0.3) is 0 Å². The van der Waals surface area contributed by atoms with Crippen molar-refractivity contribution in [1.29, 1.82) is 0 Å². The molecule has 1 heterocycles. The molecule has 18 heavy (non-hydrogen) atoms. The van der Waals surface area contributed by atoms with Crippen molar-refractivity contribution in [2.24, 2.45) is 0 Å². The molecule has 94 valence electrons. The zero-order valence-electron chi connectivity index (χ0n) is 9.64. The highest BCUT2D eigenvalue weighted by Crippen LogP contribution is 2.26. The number of benzene rings is 1. The van der Waals surface area contributed by atoms with Crippen molar-refractivity contribution in [2.75, 3.05) is 0 Å². The molecule has 0 bridgehead atoms. The standard InChI is InChI=1S/C13H11BrO3S/c1-8-9(13(15)16)3-2-4-11(8)17-7-12-10(14)5-6-18-12/h2-6H,7H2,1H3,(H,15,16). The van der Waals surface area contributed by atoms with Gasteiger partial charge in [-0.1, -0.05) is 6.07 Å². The summed E-state index contributed by atoms with van der Waals surface area (Å²) in [6.45, 7) is 2.18. The summed E-state index contributed by atoms with van der Waals surface area (Å²) in [7, 11) is 0. The quantitative estimate of drug-likeness (QED) is 0.920. The van der Waals surface area contributed by atoms with Crippen LogP contribution in [0.15, 0.2) is 34.1 Å². The normalized spacial score (nSPS) is 10.3. The van der Waals surface area contributed by atoms with Crippen molar-refractivity contribution in [3.63, 3.8) is 0 Å². The van der Waals surface area contributed by atoms with Crippen LogP contribution in [-0.4, -0.2) is 11.1 Å². The Morgan fingerprint density at radius 1 is 1.44 bits per heavy atom. The SMILES string of the molecule is Cc1c(OCc2sccc2Br)cccc1C(=O)O. The van der Waals surface area contributed by atoms with E-state index in [1.807, 2.05) is 11.4 Å². The van der Waals surface area contributed by atoms with Crippen molar-refractivity contribution in [1.82, 2.24) is 0 Å². The molecule has 2 rings (SSSR count). The average molecular weight is 327 g/mol. The Hall–Kier alpha value is -1.33. The lowest BCUT2D eigenvalue weighted by Gasteiger charge is -2.10. The molecule has 2 aromatic rings. The third-order valence-corrected chi connectivity index (χ3v) is 4.46. The number of hydrogen-bond acceptors (Lipinski definition) is 3. The summed E-state index contributed by atoms with van der Waals surface area (Å²) in [6, 6.07) is 7.01. The molecular weight excluding hydrogens is 316 g/mol. The van der Waals surface area contributed by atoms with Crippen molar-refractivity contribution in [3.8, 4) is 5.75 Å². The molecular formula is C13H11BrO3S.